The molecular weight excluding hydrogens is 296 g/mol. The minimum absolute atomic E-state index is 0.693. The molecule has 0 saturated heterocycles. The van der Waals surface area contributed by atoms with Crippen molar-refractivity contribution in [2.45, 2.75) is 33.1 Å². The van der Waals surface area contributed by atoms with E-state index in [4.69, 9.17) is 4.74 Å². The standard InChI is InChI=1S/C21H22N2O/c1-3-24-16-10-8-15(9-11-16)22-21-17-5-4-6-19(17)23-20-12-7-14(2)13-18(20)21/h7-13H,3-6H2,1-2H3,(H,22,23)/p+1. The maximum Gasteiger partial charge on any atom is 0.213 e. The molecule has 3 heteroatoms. The highest BCUT2D eigenvalue weighted by Gasteiger charge is 2.24. The molecular formula is C21H23N2O+. The number of hydrogen-bond donors (Lipinski definition) is 1. The Kier molecular flexibility index (Phi) is 3.85. The van der Waals surface area contributed by atoms with Gasteiger partial charge < -0.3 is 10.1 Å². The maximum atomic E-state index is 5.54. The number of benzene rings is 2. The van der Waals surface area contributed by atoms with Gasteiger partial charge in [0, 0.05) is 23.7 Å². The van der Waals surface area contributed by atoms with Crippen LogP contribution in [-0.4, -0.2) is 6.61 Å². The molecule has 3 nitrogen and oxygen atoms in total. The Hall–Kier alpha value is -2.55. The van der Waals surface area contributed by atoms with Crippen LogP contribution in [0.4, 0.5) is 11.4 Å². The molecule has 0 unspecified atom stereocenters. The fourth-order valence-corrected chi connectivity index (χ4v) is 3.54. The first-order valence-corrected chi connectivity index (χ1v) is 8.72. The Morgan fingerprint density at radius 2 is 1.92 bits per heavy atom. The Labute approximate surface area is 142 Å². The van der Waals surface area contributed by atoms with Crippen molar-refractivity contribution >= 4 is 22.3 Å². The van der Waals surface area contributed by atoms with E-state index in [0.717, 1.165) is 24.3 Å². The second-order valence-electron chi connectivity index (χ2n) is 6.44. The second-order valence-corrected chi connectivity index (χ2v) is 6.44. The van der Waals surface area contributed by atoms with E-state index in [1.807, 2.05) is 19.1 Å². The number of H-pyrrole nitrogens is 1. The van der Waals surface area contributed by atoms with Crippen molar-refractivity contribution in [3.05, 3.63) is 59.3 Å². The first-order chi connectivity index (χ1) is 11.7. The molecule has 0 fully saturated rings. The maximum absolute atomic E-state index is 5.54. The van der Waals surface area contributed by atoms with Crippen molar-refractivity contribution < 1.29 is 9.72 Å². The number of anilines is 2. The average molecular weight is 319 g/mol. The lowest BCUT2D eigenvalue weighted by atomic mass is 10.0. The van der Waals surface area contributed by atoms with Crippen LogP contribution >= 0.6 is 0 Å². The van der Waals surface area contributed by atoms with Crippen LogP contribution in [0.15, 0.2) is 42.5 Å². The molecule has 24 heavy (non-hydrogen) atoms. The van der Waals surface area contributed by atoms with Gasteiger partial charge in [-0.1, -0.05) is 6.07 Å². The van der Waals surface area contributed by atoms with E-state index in [9.17, 15) is 0 Å². The molecule has 2 N–H and O–H groups in total. The van der Waals surface area contributed by atoms with Gasteiger partial charge in [-0.25, -0.2) is 4.98 Å². The molecule has 0 spiro atoms. The zero-order valence-corrected chi connectivity index (χ0v) is 14.3. The largest absolute Gasteiger partial charge is 0.494 e. The van der Waals surface area contributed by atoms with E-state index in [0.29, 0.717) is 6.61 Å². The number of rotatable bonds is 4. The van der Waals surface area contributed by atoms with Crippen molar-refractivity contribution in [2.24, 2.45) is 0 Å². The Balaban J connectivity index is 1.78. The summed E-state index contributed by atoms with van der Waals surface area (Å²) in [5.41, 5.74) is 7.64. The highest BCUT2D eigenvalue weighted by atomic mass is 16.5. The van der Waals surface area contributed by atoms with Gasteiger partial charge in [-0.15, -0.1) is 0 Å². The number of pyridine rings is 1. The predicted octanol–water partition coefficient (Wildman–Crippen LogP) is 4.59. The van der Waals surface area contributed by atoms with Gasteiger partial charge in [-0.2, -0.15) is 0 Å². The van der Waals surface area contributed by atoms with Gasteiger partial charge in [0.1, 0.15) is 5.75 Å². The second kappa shape index (κ2) is 6.16. The summed E-state index contributed by atoms with van der Waals surface area (Å²) in [7, 11) is 0. The van der Waals surface area contributed by atoms with Crippen LogP contribution in [0.2, 0.25) is 0 Å². The summed E-state index contributed by atoms with van der Waals surface area (Å²) < 4.78 is 5.54. The highest BCUT2D eigenvalue weighted by Crippen LogP contribution is 2.34. The van der Waals surface area contributed by atoms with Crippen molar-refractivity contribution in [1.29, 1.82) is 0 Å². The van der Waals surface area contributed by atoms with Crippen LogP contribution in [0.3, 0.4) is 0 Å². The zero-order chi connectivity index (χ0) is 16.5. The van der Waals surface area contributed by atoms with Crippen molar-refractivity contribution in [1.82, 2.24) is 0 Å². The molecule has 1 aliphatic rings. The fourth-order valence-electron chi connectivity index (χ4n) is 3.54. The topological polar surface area (TPSA) is 35.4 Å². The van der Waals surface area contributed by atoms with E-state index in [2.05, 4.69) is 47.6 Å². The minimum atomic E-state index is 0.693. The van der Waals surface area contributed by atoms with Gasteiger partial charge in [0.15, 0.2) is 5.69 Å². The molecule has 2 aromatic carbocycles. The minimum Gasteiger partial charge on any atom is -0.494 e. The summed E-state index contributed by atoms with van der Waals surface area (Å²) in [4.78, 5) is 3.63. The molecule has 0 amide bonds. The van der Waals surface area contributed by atoms with E-state index in [1.165, 1.54) is 39.8 Å². The van der Waals surface area contributed by atoms with Crippen LogP contribution in [0, 0.1) is 6.92 Å². The molecule has 4 rings (SSSR count). The summed E-state index contributed by atoms with van der Waals surface area (Å²) in [5, 5.41) is 4.94. The van der Waals surface area contributed by atoms with Crippen LogP contribution in [0.25, 0.3) is 10.9 Å². The molecule has 122 valence electrons. The summed E-state index contributed by atoms with van der Waals surface area (Å²) >= 11 is 0. The summed E-state index contributed by atoms with van der Waals surface area (Å²) in [5.74, 6) is 0.912. The first kappa shape index (κ1) is 15.0. The SMILES string of the molecule is CCOc1ccc(Nc2c3c([nH+]c4ccc(C)cc24)CCC3)cc1. The highest BCUT2D eigenvalue weighted by molar-refractivity contribution is 5.93. The Morgan fingerprint density at radius 3 is 2.71 bits per heavy atom. The molecule has 1 aliphatic carbocycles. The fraction of sp³-hybridized carbons (Fsp3) is 0.286. The third-order valence-electron chi connectivity index (χ3n) is 4.68. The van der Waals surface area contributed by atoms with Gasteiger partial charge in [0.25, 0.3) is 0 Å². The van der Waals surface area contributed by atoms with Gasteiger partial charge in [-0.3, -0.25) is 0 Å². The Morgan fingerprint density at radius 1 is 1.08 bits per heavy atom. The molecule has 0 aliphatic heterocycles. The molecule has 0 radical (unpaired) electrons. The van der Waals surface area contributed by atoms with E-state index in [-0.39, 0.29) is 0 Å². The molecule has 1 aromatic heterocycles. The number of nitrogens with one attached hydrogen (secondary N) is 2. The monoisotopic (exact) mass is 319 g/mol. The van der Waals surface area contributed by atoms with Crippen LogP contribution in [0.5, 0.6) is 5.75 Å². The number of hydrogen-bond acceptors (Lipinski definition) is 2. The molecule has 0 saturated carbocycles. The van der Waals surface area contributed by atoms with Gasteiger partial charge in [-0.05, 0) is 62.6 Å². The Bertz CT molecular complexity index is 884. The van der Waals surface area contributed by atoms with Crippen LogP contribution in [-0.2, 0) is 12.8 Å². The zero-order valence-electron chi connectivity index (χ0n) is 14.3. The van der Waals surface area contributed by atoms with Crippen molar-refractivity contribution in [3.63, 3.8) is 0 Å². The summed E-state index contributed by atoms with van der Waals surface area (Å²) in [6.07, 6.45) is 3.49. The number of aromatic nitrogens is 1. The lowest BCUT2D eigenvalue weighted by molar-refractivity contribution is -0.356. The number of fused-ring (bicyclic) bond motifs is 2. The van der Waals surface area contributed by atoms with Crippen molar-refractivity contribution in [3.8, 4) is 5.75 Å². The van der Waals surface area contributed by atoms with E-state index < -0.39 is 0 Å². The summed E-state index contributed by atoms with van der Waals surface area (Å²) in [6.45, 7) is 4.84. The van der Waals surface area contributed by atoms with Crippen molar-refractivity contribution in [2.75, 3.05) is 11.9 Å². The number of ether oxygens (including phenoxy) is 1. The van der Waals surface area contributed by atoms with Gasteiger partial charge in [0.05, 0.1) is 17.7 Å². The molecule has 1 heterocycles. The first-order valence-electron chi connectivity index (χ1n) is 8.72. The molecule has 3 aromatic rings. The van der Waals surface area contributed by atoms with Crippen LogP contribution in [0.1, 0.15) is 30.2 Å². The lowest BCUT2D eigenvalue weighted by Gasteiger charge is -2.13. The van der Waals surface area contributed by atoms with E-state index in [1.54, 1.807) is 0 Å². The van der Waals surface area contributed by atoms with Gasteiger partial charge >= 0.3 is 0 Å². The molecule has 0 bridgehead atoms. The quantitative estimate of drug-likeness (QED) is 0.763. The van der Waals surface area contributed by atoms with E-state index >= 15 is 0 Å². The number of aromatic amines is 1. The van der Waals surface area contributed by atoms with Gasteiger partial charge in [0.2, 0.25) is 5.52 Å². The molecule has 0 atom stereocenters. The average Bonchev–Trinajstić information content (AvgIpc) is 3.05. The predicted molar refractivity (Wildman–Crippen MR) is 98.2 cm³/mol. The third-order valence-corrected chi connectivity index (χ3v) is 4.68. The third kappa shape index (κ3) is 2.71. The van der Waals surface area contributed by atoms with Crippen LogP contribution < -0.4 is 15.0 Å². The number of aryl methyl sites for hydroxylation is 2. The normalized spacial score (nSPS) is 13.1. The lowest BCUT2D eigenvalue weighted by Crippen LogP contribution is -2.14. The smallest absolute Gasteiger partial charge is 0.213 e. The summed E-state index contributed by atoms with van der Waals surface area (Å²) in [6, 6.07) is 14.8.